The molecule has 1 atom stereocenters. The van der Waals surface area contributed by atoms with Crippen LogP contribution in [0, 0.1) is 15.9 Å². The Hall–Kier alpha value is -1.69. The number of nitro benzene ring substituents is 1. The third-order valence-electron chi connectivity index (χ3n) is 3.73. The van der Waals surface area contributed by atoms with Crippen molar-refractivity contribution < 1.29 is 14.1 Å². The lowest BCUT2D eigenvalue weighted by Gasteiger charge is -2.45. The Morgan fingerprint density at radius 1 is 1.53 bits per heavy atom. The van der Waals surface area contributed by atoms with Gasteiger partial charge in [-0.15, -0.1) is 0 Å². The van der Waals surface area contributed by atoms with Crippen LogP contribution in [0.1, 0.15) is 20.8 Å². The van der Waals surface area contributed by atoms with E-state index in [4.69, 9.17) is 4.74 Å². The van der Waals surface area contributed by atoms with Crippen molar-refractivity contribution in [3.05, 3.63) is 34.1 Å². The average molecular weight is 268 g/mol. The second-order valence-electron chi connectivity index (χ2n) is 5.21. The number of morpholine rings is 1. The molecule has 5 nitrogen and oxygen atoms in total. The van der Waals surface area contributed by atoms with Gasteiger partial charge in [-0.2, -0.15) is 0 Å². The Balaban J connectivity index is 2.34. The predicted molar refractivity (Wildman–Crippen MR) is 69.9 cm³/mol. The molecular formula is C13H17FN2O3. The number of hydrogen-bond acceptors (Lipinski definition) is 4. The average Bonchev–Trinajstić information content (AvgIpc) is 2.33. The summed E-state index contributed by atoms with van der Waals surface area (Å²) in [5.41, 5.74) is -0.233. The summed E-state index contributed by atoms with van der Waals surface area (Å²) in [4.78, 5) is 11.9. The van der Waals surface area contributed by atoms with Crippen molar-refractivity contribution in [2.45, 2.75) is 32.4 Å². The van der Waals surface area contributed by atoms with Gasteiger partial charge in [0.25, 0.3) is 5.69 Å². The number of nitro groups is 1. The van der Waals surface area contributed by atoms with Crippen molar-refractivity contribution in [3.63, 3.8) is 0 Å². The van der Waals surface area contributed by atoms with Crippen molar-refractivity contribution >= 4 is 11.4 Å². The molecule has 0 bridgehead atoms. The minimum absolute atomic E-state index is 0.0165. The van der Waals surface area contributed by atoms with Gasteiger partial charge in [0.05, 0.1) is 34.9 Å². The molecule has 19 heavy (non-hydrogen) atoms. The Labute approximate surface area is 111 Å². The number of anilines is 1. The second kappa shape index (κ2) is 4.77. The van der Waals surface area contributed by atoms with E-state index in [9.17, 15) is 14.5 Å². The molecule has 0 N–H and O–H groups in total. The van der Waals surface area contributed by atoms with E-state index in [0.717, 1.165) is 6.07 Å². The van der Waals surface area contributed by atoms with E-state index >= 15 is 0 Å². The number of nitrogens with zero attached hydrogens (tertiary/aromatic N) is 2. The van der Waals surface area contributed by atoms with Gasteiger partial charge in [-0.25, -0.2) is 4.39 Å². The second-order valence-corrected chi connectivity index (χ2v) is 5.21. The lowest BCUT2D eigenvalue weighted by atomic mass is 9.96. The van der Waals surface area contributed by atoms with Gasteiger partial charge in [-0.3, -0.25) is 10.1 Å². The van der Waals surface area contributed by atoms with E-state index in [0.29, 0.717) is 18.8 Å². The van der Waals surface area contributed by atoms with Gasteiger partial charge in [0.15, 0.2) is 5.82 Å². The van der Waals surface area contributed by atoms with E-state index in [2.05, 4.69) is 0 Å². The third kappa shape index (κ3) is 2.53. The van der Waals surface area contributed by atoms with Crippen LogP contribution < -0.4 is 4.90 Å². The van der Waals surface area contributed by atoms with Crippen molar-refractivity contribution in [3.8, 4) is 0 Å². The molecule has 0 unspecified atom stereocenters. The first-order chi connectivity index (χ1) is 8.83. The van der Waals surface area contributed by atoms with Gasteiger partial charge in [-0.05, 0) is 26.8 Å². The lowest BCUT2D eigenvalue weighted by molar-refractivity contribution is -0.385. The molecule has 2 rings (SSSR count). The van der Waals surface area contributed by atoms with Crippen LogP contribution in [0.25, 0.3) is 0 Å². The summed E-state index contributed by atoms with van der Waals surface area (Å²) in [6.45, 7) is 6.94. The molecule has 1 aromatic carbocycles. The van der Waals surface area contributed by atoms with Gasteiger partial charge >= 0.3 is 0 Å². The fraction of sp³-hybridized carbons (Fsp3) is 0.538. The molecule has 1 aromatic rings. The largest absolute Gasteiger partial charge is 0.372 e. The first-order valence-corrected chi connectivity index (χ1v) is 6.17. The maximum Gasteiger partial charge on any atom is 0.272 e. The highest BCUT2D eigenvalue weighted by atomic mass is 19.1. The lowest BCUT2D eigenvalue weighted by Crippen LogP contribution is -2.55. The van der Waals surface area contributed by atoms with Crippen LogP contribution in [-0.4, -0.2) is 29.7 Å². The molecule has 6 heteroatoms. The van der Waals surface area contributed by atoms with Crippen LogP contribution in [0.15, 0.2) is 18.2 Å². The summed E-state index contributed by atoms with van der Waals surface area (Å²) in [5, 5.41) is 10.6. The van der Waals surface area contributed by atoms with E-state index in [1.54, 1.807) is 0 Å². The maximum atomic E-state index is 14.0. The highest BCUT2D eigenvalue weighted by Gasteiger charge is 2.36. The Morgan fingerprint density at radius 2 is 2.21 bits per heavy atom. The molecule has 1 aliphatic rings. The minimum atomic E-state index is -0.598. The Bertz CT molecular complexity index is 505. The van der Waals surface area contributed by atoms with Gasteiger partial charge in [0.2, 0.25) is 0 Å². The molecule has 0 radical (unpaired) electrons. The molecule has 1 heterocycles. The summed E-state index contributed by atoms with van der Waals surface area (Å²) in [6, 6.07) is 3.74. The van der Waals surface area contributed by atoms with Crippen LogP contribution in [0.2, 0.25) is 0 Å². The van der Waals surface area contributed by atoms with Crippen LogP contribution in [0.5, 0.6) is 0 Å². The molecule has 1 aliphatic heterocycles. The minimum Gasteiger partial charge on any atom is -0.372 e. The topological polar surface area (TPSA) is 55.6 Å². The van der Waals surface area contributed by atoms with Crippen LogP contribution in [0.3, 0.4) is 0 Å². The third-order valence-corrected chi connectivity index (χ3v) is 3.73. The number of rotatable bonds is 2. The Morgan fingerprint density at radius 3 is 2.79 bits per heavy atom. The highest BCUT2D eigenvalue weighted by Crippen LogP contribution is 2.32. The van der Waals surface area contributed by atoms with Gasteiger partial charge in [0.1, 0.15) is 0 Å². The zero-order valence-corrected chi connectivity index (χ0v) is 11.2. The summed E-state index contributed by atoms with van der Waals surface area (Å²) < 4.78 is 19.7. The standard InChI is InChI=1S/C13H17FN2O3/c1-9-13(2,3)19-7-6-15(9)12-5-4-10(16(17)18)8-11(12)14/h4-5,8-9H,6-7H2,1-3H3/t9-/m0/s1. The number of ether oxygens (including phenoxy) is 1. The molecule has 0 saturated carbocycles. The quantitative estimate of drug-likeness (QED) is 0.611. The molecule has 0 amide bonds. The molecule has 0 spiro atoms. The number of halogens is 1. The maximum absolute atomic E-state index is 14.0. The van der Waals surface area contributed by atoms with E-state index < -0.39 is 10.7 Å². The first-order valence-electron chi connectivity index (χ1n) is 6.17. The van der Waals surface area contributed by atoms with Crippen LogP contribution in [0.4, 0.5) is 15.8 Å². The number of hydrogen-bond donors (Lipinski definition) is 0. The molecule has 0 aliphatic carbocycles. The highest BCUT2D eigenvalue weighted by molar-refractivity contribution is 5.53. The van der Waals surface area contributed by atoms with Crippen LogP contribution in [-0.2, 0) is 4.74 Å². The molecule has 104 valence electrons. The smallest absolute Gasteiger partial charge is 0.272 e. The number of non-ortho nitro benzene ring substituents is 1. The summed E-state index contributed by atoms with van der Waals surface area (Å²) in [6.07, 6.45) is 0. The van der Waals surface area contributed by atoms with Crippen molar-refractivity contribution in [1.82, 2.24) is 0 Å². The molecular weight excluding hydrogens is 251 g/mol. The van der Waals surface area contributed by atoms with Crippen molar-refractivity contribution in [2.75, 3.05) is 18.1 Å². The fourth-order valence-corrected chi connectivity index (χ4v) is 2.27. The Kier molecular flexibility index (Phi) is 3.45. The predicted octanol–water partition coefficient (Wildman–Crippen LogP) is 2.74. The van der Waals surface area contributed by atoms with Gasteiger partial charge in [0, 0.05) is 12.6 Å². The van der Waals surface area contributed by atoms with E-state index in [-0.39, 0.29) is 17.3 Å². The SMILES string of the molecule is C[C@@H]1N(c2ccc([N+](=O)[O-])cc2F)CCOC1(C)C. The molecule has 0 aromatic heterocycles. The van der Waals surface area contributed by atoms with Crippen molar-refractivity contribution in [1.29, 1.82) is 0 Å². The fourth-order valence-electron chi connectivity index (χ4n) is 2.27. The zero-order chi connectivity index (χ0) is 14.2. The summed E-state index contributed by atoms with van der Waals surface area (Å²) in [5.74, 6) is -0.571. The van der Waals surface area contributed by atoms with Crippen LogP contribution >= 0.6 is 0 Å². The monoisotopic (exact) mass is 268 g/mol. The van der Waals surface area contributed by atoms with E-state index in [1.807, 2.05) is 25.7 Å². The summed E-state index contributed by atoms with van der Waals surface area (Å²) in [7, 11) is 0. The van der Waals surface area contributed by atoms with Gasteiger partial charge < -0.3 is 9.64 Å². The summed E-state index contributed by atoms with van der Waals surface area (Å²) >= 11 is 0. The molecule has 1 fully saturated rings. The van der Waals surface area contributed by atoms with Gasteiger partial charge in [-0.1, -0.05) is 0 Å². The molecule has 1 saturated heterocycles. The van der Waals surface area contributed by atoms with E-state index in [1.165, 1.54) is 12.1 Å². The number of benzene rings is 1. The normalized spacial score (nSPS) is 22.3. The zero-order valence-electron chi connectivity index (χ0n) is 11.2. The first kappa shape index (κ1) is 13.7. The van der Waals surface area contributed by atoms with Crippen molar-refractivity contribution in [2.24, 2.45) is 0 Å².